The second-order valence-corrected chi connectivity index (χ2v) is 14.1. The second-order valence-electron chi connectivity index (χ2n) is 4.60. The van der Waals surface area contributed by atoms with Gasteiger partial charge in [0.2, 0.25) is 0 Å². The lowest BCUT2D eigenvalue weighted by atomic mass is 10.0. The number of hydrogen-bond acceptors (Lipinski definition) is 0. The molecule has 0 aliphatic rings. The summed E-state index contributed by atoms with van der Waals surface area (Å²) in [7, 11) is 0. The quantitative estimate of drug-likeness (QED) is 0.347. The van der Waals surface area contributed by atoms with E-state index < -0.39 is 0 Å². The van der Waals surface area contributed by atoms with Crippen LogP contribution < -0.4 is 0 Å². The van der Waals surface area contributed by atoms with Gasteiger partial charge in [-0.1, -0.05) is 100 Å². The van der Waals surface area contributed by atoms with Crippen LogP contribution in [0.15, 0.2) is 0 Å². The van der Waals surface area contributed by atoms with E-state index in [0.717, 1.165) is 5.33 Å². The lowest BCUT2D eigenvalue weighted by molar-refractivity contribution is 0.453. The number of rotatable bonds is 1. The molecule has 0 saturated carbocycles. The first-order chi connectivity index (χ1) is 5.81. The van der Waals surface area contributed by atoms with E-state index in [1.165, 1.54) is 0 Å². The highest BCUT2D eigenvalue weighted by Crippen LogP contribution is 2.48. The molecule has 88 valence electrons. The standard InChI is InChI=1S/C5H9Br3.C4H8Br2/c1-4(2,3)5(6,7)8;1-4(2,6)3-5/h1-3H3;3H2,1-2H3. The van der Waals surface area contributed by atoms with Crippen LogP contribution in [0, 0.1) is 5.41 Å². The number of hydrogen-bond donors (Lipinski definition) is 0. The van der Waals surface area contributed by atoms with E-state index >= 15 is 0 Å². The summed E-state index contributed by atoms with van der Waals surface area (Å²) in [6.07, 6.45) is 0. The Morgan fingerprint density at radius 2 is 0.929 bits per heavy atom. The Balaban J connectivity index is 0. The van der Waals surface area contributed by atoms with E-state index in [0.29, 0.717) is 0 Å². The van der Waals surface area contributed by atoms with Gasteiger partial charge in [-0.2, -0.15) is 0 Å². The summed E-state index contributed by atoms with van der Waals surface area (Å²) >= 11 is 17.1. The minimum Gasteiger partial charge on any atom is -0.0913 e. The third-order valence-corrected chi connectivity index (χ3v) is 7.17. The highest BCUT2D eigenvalue weighted by molar-refractivity contribution is 9.39. The molecular formula is C9H17Br5. The maximum atomic E-state index is 3.43. The maximum absolute atomic E-state index is 3.43. The topological polar surface area (TPSA) is 0 Å². The smallest absolute Gasteiger partial charge is 0.0913 e. The lowest BCUT2D eigenvalue weighted by Gasteiger charge is -2.28. The SMILES string of the molecule is CC(C)(Br)CBr.CC(C)(C)C(Br)(Br)Br. The van der Waals surface area contributed by atoms with Crippen LogP contribution >= 0.6 is 79.6 Å². The van der Waals surface area contributed by atoms with E-state index in [2.05, 4.69) is 114 Å². The van der Waals surface area contributed by atoms with Crippen LogP contribution in [-0.2, 0) is 0 Å². The van der Waals surface area contributed by atoms with Crippen LogP contribution in [0.25, 0.3) is 0 Å². The zero-order valence-corrected chi connectivity index (χ0v) is 17.0. The first-order valence-corrected chi connectivity index (χ1v) is 8.42. The molecule has 0 radical (unpaired) electrons. The highest BCUT2D eigenvalue weighted by atomic mass is 80.0. The fourth-order valence-corrected chi connectivity index (χ4v) is 0. The molecule has 0 heterocycles. The van der Waals surface area contributed by atoms with Crippen molar-refractivity contribution in [2.75, 3.05) is 5.33 Å². The highest BCUT2D eigenvalue weighted by Gasteiger charge is 2.33. The molecule has 0 amide bonds. The molecule has 0 aromatic rings. The van der Waals surface area contributed by atoms with Crippen molar-refractivity contribution in [3.63, 3.8) is 0 Å². The average molecular weight is 525 g/mol. The second kappa shape index (κ2) is 6.97. The van der Waals surface area contributed by atoms with Crippen LogP contribution in [0.1, 0.15) is 34.6 Å². The molecule has 5 heteroatoms. The van der Waals surface area contributed by atoms with Gasteiger partial charge in [0.15, 0.2) is 0 Å². The molecule has 0 saturated heterocycles. The molecule has 14 heavy (non-hydrogen) atoms. The lowest BCUT2D eigenvalue weighted by Crippen LogP contribution is -2.22. The first-order valence-electron chi connectivity index (χ1n) is 4.13. The van der Waals surface area contributed by atoms with Crippen LogP contribution in [0.4, 0.5) is 0 Å². The van der Waals surface area contributed by atoms with Crippen molar-refractivity contribution in [2.45, 2.75) is 41.1 Å². The number of halogens is 5. The summed E-state index contributed by atoms with van der Waals surface area (Å²) in [6, 6.07) is 0. The van der Waals surface area contributed by atoms with Gasteiger partial charge < -0.3 is 0 Å². The summed E-state index contributed by atoms with van der Waals surface area (Å²) in [5.41, 5.74) is 0.188. The van der Waals surface area contributed by atoms with Gasteiger partial charge >= 0.3 is 0 Å². The van der Waals surface area contributed by atoms with E-state index in [-0.39, 0.29) is 11.9 Å². The van der Waals surface area contributed by atoms with E-state index in [9.17, 15) is 0 Å². The van der Waals surface area contributed by atoms with Crippen molar-refractivity contribution >= 4 is 79.6 Å². The predicted molar refractivity (Wildman–Crippen MR) is 85.8 cm³/mol. The molecule has 0 nitrogen and oxygen atoms in total. The van der Waals surface area contributed by atoms with E-state index in [1.54, 1.807) is 0 Å². The summed E-state index contributed by atoms with van der Waals surface area (Å²) in [5.74, 6) is 0. The minimum absolute atomic E-state index is 0.125. The Kier molecular flexibility index (Phi) is 9.34. The molecule has 0 bridgehead atoms. The predicted octanol–water partition coefficient (Wildman–Crippen LogP) is 6.43. The summed E-state index contributed by atoms with van der Waals surface area (Å²) < 4.78 is 0.146. The van der Waals surface area contributed by atoms with E-state index in [1.807, 2.05) is 0 Å². The van der Waals surface area contributed by atoms with Crippen molar-refractivity contribution in [1.29, 1.82) is 0 Å². The van der Waals surface area contributed by atoms with Crippen LogP contribution in [0.2, 0.25) is 0 Å². The van der Waals surface area contributed by atoms with Gasteiger partial charge in [0.05, 0.1) is 0 Å². The Labute approximate surface area is 130 Å². The minimum atomic E-state index is -0.125. The van der Waals surface area contributed by atoms with E-state index in [4.69, 9.17) is 0 Å². The third-order valence-electron chi connectivity index (χ3n) is 1.17. The maximum Gasteiger partial charge on any atom is 0.139 e. The molecular weight excluding hydrogens is 508 g/mol. The Bertz CT molecular complexity index is 134. The summed E-state index contributed by atoms with van der Waals surface area (Å²) in [5, 5.41) is 1.00. The van der Waals surface area contributed by atoms with Gasteiger partial charge in [0.25, 0.3) is 0 Å². The molecule has 0 aromatic carbocycles. The molecule has 0 aliphatic carbocycles. The zero-order chi connectivity index (χ0) is 12.2. The van der Waals surface area contributed by atoms with Gasteiger partial charge in [-0.05, 0) is 19.3 Å². The van der Waals surface area contributed by atoms with Crippen molar-refractivity contribution in [3.05, 3.63) is 0 Å². The van der Waals surface area contributed by atoms with Crippen LogP contribution in [-0.4, -0.2) is 11.8 Å². The molecule has 0 rings (SSSR count). The molecule has 0 spiro atoms. The Morgan fingerprint density at radius 1 is 0.786 bits per heavy atom. The summed E-state index contributed by atoms with van der Waals surface area (Å²) in [6.45, 7) is 10.6. The van der Waals surface area contributed by atoms with Gasteiger partial charge in [0.1, 0.15) is 2.14 Å². The van der Waals surface area contributed by atoms with Crippen molar-refractivity contribution in [2.24, 2.45) is 5.41 Å². The first kappa shape index (κ1) is 18.8. The Hall–Kier alpha value is 2.40. The van der Waals surface area contributed by atoms with Crippen molar-refractivity contribution in [1.82, 2.24) is 0 Å². The molecule has 0 atom stereocenters. The van der Waals surface area contributed by atoms with Crippen LogP contribution in [0.5, 0.6) is 0 Å². The molecule has 0 fully saturated rings. The van der Waals surface area contributed by atoms with Crippen LogP contribution in [0.3, 0.4) is 0 Å². The summed E-state index contributed by atoms with van der Waals surface area (Å²) in [4.78, 5) is 0. The van der Waals surface area contributed by atoms with Crippen molar-refractivity contribution < 1.29 is 0 Å². The fourth-order valence-electron chi connectivity index (χ4n) is 0. The molecule has 0 aliphatic heterocycles. The normalized spacial score (nSPS) is 13.3. The monoisotopic (exact) mass is 520 g/mol. The largest absolute Gasteiger partial charge is 0.139 e. The van der Waals surface area contributed by atoms with Crippen molar-refractivity contribution in [3.8, 4) is 0 Å². The molecule has 0 aromatic heterocycles. The van der Waals surface area contributed by atoms with Gasteiger partial charge in [-0.25, -0.2) is 0 Å². The average Bonchev–Trinajstić information content (AvgIpc) is 1.82. The zero-order valence-electron chi connectivity index (χ0n) is 9.10. The Morgan fingerprint density at radius 3 is 0.929 bits per heavy atom. The van der Waals surface area contributed by atoms with Gasteiger partial charge in [0, 0.05) is 9.65 Å². The molecule has 0 N–H and O–H groups in total. The fraction of sp³-hybridized carbons (Fsp3) is 1.00. The molecule has 0 unspecified atom stereocenters. The number of alkyl halides is 5. The third kappa shape index (κ3) is 12.5. The van der Waals surface area contributed by atoms with Gasteiger partial charge in [-0.15, -0.1) is 0 Å². The van der Waals surface area contributed by atoms with Gasteiger partial charge in [-0.3, -0.25) is 0 Å².